The fourth-order valence-corrected chi connectivity index (χ4v) is 1.31. The lowest BCUT2D eigenvalue weighted by molar-refractivity contribution is -0.127. The van der Waals surface area contributed by atoms with Gasteiger partial charge in [0.1, 0.15) is 0 Å². The number of carbonyl (C=O) groups is 1. The summed E-state index contributed by atoms with van der Waals surface area (Å²) in [7, 11) is 0. The Morgan fingerprint density at radius 2 is 2.27 bits per heavy atom. The van der Waals surface area contributed by atoms with Crippen molar-refractivity contribution in [1.29, 1.82) is 0 Å². The third kappa shape index (κ3) is 1.00. The molecule has 0 radical (unpaired) electrons. The van der Waals surface area contributed by atoms with Crippen molar-refractivity contribution in [3.63, 3.8) is 0 Å². The average Bonchev–Trinajstić information content (AvgIpc) is 2.06. The van der Waals surface area contributed by atoms with E-state index in [1.807, 2.05) is 24.4 Å². The van der Waals surface area contributed by atoms with Crippen molar-refractivity contribution in [2.45, 2.75) is 12.8 Å². The number of carbonyl (C=O) groups excluding carboxylic acids is 1. The van der Waals surface area contributed by atoms with Crippen LogP contribution in [0.15, 0.2) is 36.2 Å². The summed E-state index contributed by atoms with van der Waals surface area (Å²) in [5.41, 5.74) is 1.02. The van der Waals surface area contributed by atoms with Gasteiger partial charge in [-0.1, -0.05) is 12.2 Å². The molecule has 1 amide bonds. The second kappa shape index (κ2) is 2.38. The molecule has 0 saturated carbocycles. The first-order valence-electron chi connectivity index (χ1n) is 3.75. The molecule has 0 atom stereocenters. The molecule has 2 heterocycles. The molecule has 0 saturated heterocycles. The van der Waals surface area contributed by atoms with Crippen LogP contribution in [0.25, 0.3) is 0 Å². The van der Waals surface area contributed by atoms with Crippen LogP contribution in [0.5, 0.6) is 0 Å². The predicted octanol–water partition coefficient (Wildman–Crippen LogP) is 1.58. The first-order chi connectivity index (χ1) is 5.38. The summed E-state index contributed by atoms with van der Waals surface area (Å²) in [4.78, 5) is 12.9. The van der Waals surface area contributed by atoms with Gasteiger partial charge in [-0.15, -0.1) is 0 Å². The second-order valence-electron chi connectivity index (χ2n) is 2.63. The zero-order valence-electron chi connectivity index (χ0n) is 6.16. The van der Waals surface area contributed by atoms with Crippen LogP contribution in [0, 0.1) is 0 Å². The van der Waals surface area contributed by atoms with Gasteiger partial charge in [0, 0.05) is 18.3 Å². The molecule has 0 N–H and O–H groups in total. The third-order valence-corrected chi connectivity index (χ3v) is 1.87. The van der Waals surface area contributed by atoms with E-state index in [1.165, 1.54) is 0 Å². The molecule has 56 valence electrons. The molecule has 2 nitrogen and oxygen atoms in total. The largest absolute Gasteiger partial charge is 0.288 e. The van der Waals surface area contributed by atoms with Crippen molar-refractivity contribution in [2.75, 3.05) is 0 Å². The van der Waals surface area contributed by atoms with Gasteiger partial charge in [-0.3, -0.25) is 9.69 Å². The van der Waals surface area contributed by atoms with E-state index in [9.17, 15) is 4.79 Å². The van der Waals surface area contributed by atoms with E-state index in [2.05, 4.69) is 6.08 Å². The predicted molar refractivity (Wildman–Crippen MR) is 42.4 cm³/mol. The van der Waals surface area contributed by atoms with Crippen LogP contribution in [0.4, 0.5) is 0 Å². The van der Waals surface area contributed by atoms with Crippen molar-refractivity contribution >= 4 is 5.91 Å². The molecule has 0 aliphatic carbocycles. The quantitative estimate of drug-likeness (QED) is 0.509. The van der Waals surface area contributed by atoms with Crippen LogP contribution >= 0.6 is 0 Å². The Morgan fingerprint density at radius 3 is 3.09 bits per heavy atom. The van der Waals surface area contributed by atoms with E-state index in [1.54, 1.807) is 4.90 Å². The van der Waals surface area contributed by atoms with Crippen LogP contribution < -0.4 is 0 Å². The van der Waals surface area contributed by atoms with Gasteiger partial charge in [-0.05, 0) is 18.6 Å². The van der Waals surface area contributed by atoms with Crippen LogP contribution in [0.2, 0.25) is 0 Å². The van der Waals surface area contributed by atoms with Gasteiger partial charge in [0.25, 0.3) is 0 Å². The Balaban J connectivity index is 2.36. The highest BCUT2D eigenvalue weighted by atomic mass is 16.2. The van der Waals surface area contributed by atoms with Crippen molar-refractivity contribution in [2.24, 2.45) is 0 Å². The summed E-state index contributed by atoms with van der Waals surface area (Å²) in [6, 6.07) is 0. The maximum atomic E-state index is 11.2. The van der Waals surface area contributed by atoms with Gasteiger partial charge in [-0.2, -0.15) is 0 Å². The fraction of sp³-hybridized carbons (Fsp3) is 0.222. The number of rotatable bonds is 0. The molecule has 0 bridgehead atoms. The number of fused-ring (bicyclic) bond motifs is 1. The van der Waals surface area contributed by atoms with Crippen molar-refractivity contribution in [3.8, 4) is 0 Å². The van der Waals surface area contributed by atoms with E-state index < -0.39 is 0 Å². The molecule has 0 unspecified atom stereocenters. The van der Waals surface area contributed by atoms with E-state index in [4.69, 9.17) is 0 Å². The molecule has 2 aliphatic heterocycles. The topological polar surface area (TPSA) is 20.3 Å². The first kappa shape index (κ1) is 6.40. The molecule has 0 spiro atoms. The van der Waals surface area contributed by atoms with Gasteiger partial charge >= 0.3 is 0 Å². The van der Waals surface area contributed by atoms with Crippen LogP contribution in [0.1, 0.15) is 12.8 Å². The lowest BCUT2D eigenvalue weighted by Crippen LogP contribution is -2.27. The minimum atomic E-state index is 0.197. The summed E-state index contributed by atoms with van der Waals surface area (Å²) < 4.78 is 0. The zero-order valence-corrected chi connectivity index (χ0v) is 6.16. The summed E-state index contributed by atoms with van der Waals surface area (Å²) in [6.45, 7) is 0. The molecule has 0 aromatic carbocycles. The van der Waals surface area contributed by atoms with E-state index in [-0.39, 0.29) is 5.91 Å². The Labute approximate surface area is 65.5 Å². The van der Waals surface area contributed by atoms with E-state index >= 15 is 0 Å². The third-order valence-electron chi connectivity index (χ3n) is 1.87. The number of hydrogen-bond donors (Lipinski definition) is 0. The Bertz CT molecular complexity index is 273. The van der Waals surface area contributed by atoms with Gasteiger partial charge < -0.3 is 0 Å². The van der Waals surface area contributed by atoms with Crippen LogP contribution in [-0.2, 0) is 4.79 Å². The maximum absolute atomic E-state index is 11.2. The van der Waals surface area contributed by atoms with Crippen molar-refractivity contribution in [3.05, 3.63) is 36.2 Å². The van der Waals surface area contributed by atoms with Crippen molar-refractivity contribution < 1.29 is 4.79 Å². The van der Waals surface area contributed by atoms with E-state index in [0.29, 0.717) is 6.42 Å². The fourth-order valence-electron chi connectivity index (χ4n) is 1.31. The molecule has 11 heavy (non-hydrogen) atoms. The van der Waals surface area contributed by atoms with Crippen molar-refractivity contribution in [1.82, 2.24) is 4.90 Å². The number of allylic oxidation sites excluding steroid dienone is 4. The average molecular weight is 147 g/mol. The van der Waals surface area contributed by atoms with Crippen LogP contribution in [0.3, 0.4) is 0 Å². The standard InChI is InChI=1S/C9H9NO/c11-9-6-3-5-8-4-1-2-7-10(8)9/h1-2,4-5,7H,3,6H2. The zero-order chi connectivity index (χ0) is 7.68. The Kier molecular flexibility index (Phi) is 1.39. The van der Waals surface area contributed by atoms with E-state index in [0.717, 1.165) is 12.1 Å². The highest BCUT2D eigenvalue weighted by Gasteiger charge is 2.18. The first-order valence-corrected chi connectivity index (χ1v) is 3.75. The Hall–Kier alpha value is -1.31. The molecule has 2 aliphatic rings. The molecule has 0 aromatic rings. The Morgan fingerprint density at radius 1 is 1.36 bits per heavy atom. The molecule has 2 heteroatoms. The molecular formula is C9H9NO. The normalized spacial score (nSPS) is 21.6. The summed E-state index contributed by atoms with van der Waals surface area (Å²) in [5, 5.41) is 0. The summed E-state index contributed by atoms with van der Waals surface area (Å²) >= 11 is 0. The molecule has 2 rings (SSSR count). The van der Waals surface area contributed by atoms with Crippen LogP contribution in [-0.4, -0.2) is 10.8 Å². The van der Waals surface area contributed by atoms with Gasteiger partial charge in [0.2, 0.25) is 5.91 Å². The maximum Gasteiger partial charge on any atom is 0.231 e. The highest BCUT2D eigenvalue weighted by molar-refractivity contribution is 5.81. The SMILES string of the molecule is O=C1CCC=C2C=CC=CN12. The lowest BCUT2D eigenvalue weighted by Gasteiger charge is -2.24. The molecule has 0 fully saturated rings. The minimum absolute atomic E-state index is 0.197. The lowest BCUT2D eigenvalue weighted by atomic mass is 10.1. The smallest absolute Gasteiger partial charge is 0.231 e. The molecule has 0 aromatic heterocycles. The highest BCUT2D eigenvalue weighted by Crippen LogP contribution is 2.19. The number of amides is 1. The number of hydrogen-bond acceptors (Lipinski definition) is 1. The summed E-state index contributed by atoms with van der Waals surface area (Å²) in [5.74, 6) is 0.197. The second-order valence-corrected chi connectivity index (χ2v) is 2.63. The monoisotopic (exact) mass is 147 g/mol. The summed E-state index contributed by atoms with van der Waals surface area (Å²) in [6.07, 6.45) is 11.2. The van der Waals surface area contributed by atoms with Gasteiger partial charge in [0.15, 0.2) is 0 Å². The molecular weight excluding hydrogens is 138 g/mol. The number of nitrogens with zero attached hydrogens (tertiary/aromatic N) is 1. The van der Waals surface area contributed by atoms with Gasteiger partial charge in [0.05, 0.1) is 0 Å². The van der Waals surface area contributed by atoms with Gasteiger partial charge in [-0.25, -0.2) is 0 Å². The minimum Gasteiger partial charge on any atom is -0.288 e.